The molecule has 0 spiro atoms. The topological polar surface area (TPSA) is 60.0 Å². The molecule has 3 heterocycles. The van der Waals surface area contributed by atoms with Crippen molar-refractivity contribution in [1.82, 2.24) is 14.8 Å². The predicted octanol–water partition coefficient (Wildman–Crippen LogP) is 5.90. The standard InChI is InChI=1S/C27H26F3N5/c28-27(29,30)22-11-12-25(32-18-22)34-15-13-19(14-16-34)23-17-24(31)35(33-23)26(20-7-3-1-4-8-20)21-9-5-2-6-10-21/h1-12,17-19,26H,13-16,31H2. The third kappa shape index (κ3) is 4.87. The molecule has 0 bridgehead atoms. The maximum Gasteiger partial charge on any atom is 0.417 e. The Morgan fingerprint density at radius 2 is 1.46 bits per heavy atom. The van der Waals surface area contributed by atoms with Crippen LogP contribution in [0.1, 0.15) is 47.2 Å². The molecule has 180 valence electrons. The van der Waals surface area contributed by atoms with Crippen molar-refractivity contribution in [2.24, 2.45) is 0 Å². The minimum absolute atomic E-state index is 0.136. The summed E-state index contributed by atoms with van der Waals surface area (Å²) in [5.74, 6) is 1.38. The number of aromatic nitrogens is 3. The molecule has 0 radical (unpaired) electrons. The molecule has 1 saturated heterocycles. The van der Waals surface area contributed by atoms with Crippen LogP contribution in [0.15, 0.2) is 85.1 Å². The van der Waals surface area contributed by atoms with E-state index in [1.807, 2.05) is 52.0 Å². The lowest BCUT2D eigenvalue weighted by atomic mass is 9.93. The molecule has 2 aromatic carbocycles. The fourth-order valence-corrected chi connectivity index (χ4v) is 4.73. The average molecular weight is 478 g/mol. The van der Waals surface area contributed by atoms with Crippen LogP contribution in [0.25, 0.3) is 0 Å². The highest BCUT2D eigenvalue weighted by molar-refractivity contribution is 5.43. The van der Waals surface area contributed by atoms with Gasteiger partial charge in [-0.25, -0.2) is 9.67 Å². The van der Waals surface area contributed by atoms with E-state index < -0.39 is 11.7 Å². The van der Waals surface area contributed by atoms with Gasteiger partial charge in [-0.2, -0.15) is 18.3 Å². The highest BCUT2D eigenvalue weighted by Gasteiger charge is 2.31. The quantitative estimate of drug-likeness (QED) is 0.389. The molecule has 5 nitrogen and oxygen atoms in total. The van der Waals surface area contributed by atoms with Gasteiger partial charge in [-0.1, -0.05) is 60.7 Å². The van der Waals surface area contributed by atoms with Crippen molar-refractivity contribution >= 4 is 11.6 Å². The van der Waals surface area contributed by atoms with Crippen molar-refractivity contribution in [2.45, 2.75) is 31.0 Å². The van der Waals surface area contributed by atoms with Gasteiger partial charge in [-0.3, -0.25) is 0 Å². The van der Waals surface area contributed by atoms with Crippen molar-refractivity contribution in [1.29, 1.82) is 0 Å². The van der Waals surface area contributed by atoms with Crippen molar-refractivity contribution in [3.05, 3.63) is 107 Å². The second kappa shape index (κ2) is 9.44. The van der Waals surface area contributed by atoms with E-state index in [-0.39, 0.29) is 12.0 Å². The first-order valence-electron chi connectivity index (χ1n) is 11.6. The Kier molecular flexibility index (Phi) is 6.19. The van der Waals surface area contributed by atoms with E-state index in [1.54, 1.807) is 0 Å². The predicted molar refractivity (Wildman–Crippen MR) is 130 cm³/mol. The van der Waals surface area contributed by atoms with Gasteiger partial charge in [0.1, 0.15) is 17.7 Å². The van der Waals surface area contributed by atoms with E-state index in [4.69, 9.17) is 10.8 Å². The smallest absolute Gasteiger partial charge is 0.384 e. The van der Waals surface area contributed by atoms with Gasteiger partial charge in [-0.05, 0) is 36.1 Å². The summed E-state index contributed by atoms with van der Waals surface area (Å²) in [4.78, 5) is 6.06. The number of anilines is 2. The number of alkyl halides is 3. The minimum Gasteiger partial charge on any atom is -0.384 e. The summed E-state index contributed by atoms with van der Waals surface area (Å²) in [6.45, 7) is 1.38. The van der Waals surface area contributed by atoms with Gasteiger partial charge in [-0.15, -0.1) is 0 Å². The summed E-state index contributed by atoms with van der Waals surface area (Å²) >= 11 is 0. The summed E-state index contributed by atoms with van der Waals surface area (Å²) in [7, 11) is 0. The van der Waals surface area contributed by atoms with E-state index >= 15 is 0 Å². The van der Waals surface area contributed by atoms with Crippen LogP contribution in [0.3, 0.4) is 0 Å². The Balaban J connectivity index is 1.34. The molecule has 0 aliphatic carbocycles. The summed E-state index contributed by atoms with van der Waals surface area (Å²) in [6, 6.07) is 24.7. The number of rotatable bonds is 5. The first-order valence-corrected chi connectivity index (χ1v) is 11.6. The largest absolute Gasteiger partial charge is 0.417 e. The van der Waals surface area contributed by atoms with Crippen LogP contribution in [0.5, 0.6) is 0 Å². The molecule has 0 unspecified atom stereocenters. The van der Waals surface area contributed by atoms with Crippen LogP contribution in [-0.4, -0.2) is 27.9 Å². The Labute approximate surface area is 202 Å². The summed E-state index contributed by atoms with van der Waals surface area (Å²) in [5, 5.41) is 4.96. The van der Waals surface area contributed by atoms with Crippen LogP contribution in [0.4, 0.5) is 24.8 Å². The second-order valence-corrected chi connectivity index (χ2v) is 8.83. The van der Waals surface area contributed by atoms with Crippen LogP contribution < -0.4 is 10.6 Å². The number of hydrogen-bond acceptors (Lipinski definition) is 4. The van der Waals surface area contributed by atoms with Crippen molar-refractivity contribution in [2.75, 3.05) is 23.7 Å². The van der Waals surface area contributed by atoms with Gasteiger partial charge in [0.15, 0.2) is 0 Å². The fraction of sp³-hybridized carbons (Fsp3) is 0.259. The minimum atomic E-state index is -4.38. The van der Waals surface area contributed by atoms with E-state index in [0.717, 1.165) is 41.9 Å². The Morgan fingerprint density at radius 3 is 1.97 bits per heavy atom. The van der Waals surface area contributed by atoms with Crippen molar-refractivity contribution in [3.8, 4) is 0 Å². The highest BCUT2D eigenvalue weighted by atomic mass is 19.4. The van der Waals surface area contributed by atoms with Crippen LogP contribution in [0.2, 0.25) is 0 Å². The zero-order valence-corrected chi connectivity index (χ0v) is 19.1. The number of nitrogens with two attached hydrogens (primary N) is 1. The van der Waals surface area contributed by atoms with E-state index in [9.17, 15) is 13.2 Å². The van der Waals surface area contributed by atoms with Gasteiger partial charge >= 0.3 is 6.18 Å². The SMILES string of the molecule is Nc1cc(C2CCN(c3ccc(C(F)(F)F)cn3)CC2)nn1C(c1ccccc1)c1ccccc1. The van der Waals surface area contributed by atoms with E-state index in [0.29, 0.717) is 24.7 Å². The maximum absolute atomic E-state index is 12.8. The lowest BCUT2D eigenvalue weighted by molar-refractivity contribution is -0.137. The molecule has 8 heteroatoms. The third-order valence-corrected chi connectivity index (χ3v) is 6.57. The Hall–Kier alpha value is -3.81. The molecular formula is C27H26F3N5. The monoisotopic (exact) mass is 477 g/mol. The normalized spacial score (nSPS) is 15.0. The zero-order chi connectivity index (χ0) is 24.4. The average Bonchev–Trinajstić information content (AvgIpc) is 3.26. The molecule has 0 saturated carbocycles. The highest BCUT2D eigenvalue weighted by Crippen LogP contribution is 2.35. The molecule has 0 atom stereocenters. The van der Waals surface area contributed by atoms with E-state index in [1.165, 1.54) is 6.07 Å². The van der Waals surface area contributed by atoms with Gasteiger partial charge < -0.3 is 10.6 Å². The first-order chi connectivity index (χ1) is 16.9. The molecule has 2 aromatic heterocycles. The van der Waals surface area contributed by atoms with E-state index in [2.05, 4.69) is 29.2 Å². The summed E-state index contributed by atoms with van der Waals surface area (Å²) < 4.78 is 40.4. The zero-order valence-electron chi connectivity index (χ0n) is 19.1. The van der Waals surface area contributed by atoms with Crippen LogP contribution >= 0.6 is 0 Å². The lowest BCUT2D eigenvalue weighted by Crippen LogP contribution is -2.33. The van der Waals surface area contributed by atoms with Crippen molar-refractivity contribution < 1.29 is 13.2 Å². The Morgan fingerprint density at radius 1 is 0.857 bits per heavy atom. The summed E-state index contributed by atoms with van der Waals surface area (Å²) in [5.41, 5.74) is 8.89. The number of piperidine rings is 1. The maximum atomic E-state index is 12.8. The molecule has 35 heavy (non-hydrogen) atoms. The number of pyridine rings is 1. The van der Waals surface area contributed by atoms with Gasteiger partial charge in [0.05, 0.1) is 11.3 Å². The van der Waals surface area contributed by atoms with Crippen molar-refractivity contribution in [3.63, 3.8) is 0 Å². The number of halogens is 3. The third-order valence-electron chi connectivity index (χ3n) is 6.57. The van der Waals surface area contributed by atoms with Crippen LogP contribution in [0, 0.1) is 0 Å². The molecule has 1 fully saturated rings. The molecule has 5 rings (SSSR count). The fourth-order valence-electron chi connectivity index (χ4n) is 4.73. The molecule has 0 amide bonds. The number of nitrogens with zero attached hydrogens (tertiary/aromatic N) is 4. The first kappa shape index (κ1) is 23.0. The van der Waals surface area contributed by atoms with Gasteiger partial charge in [0, 0.05) is 31.3 Å². The van der Waals surface area contributed by atoms with Gasteiger partial charge in [0.2, 0.25) is 0 Å². The molecule has 1 aliphatic rings. The lowest BCUT2D eigenvalue weighted by Gasteiger charge is -2.32. The molecular weight excluding hydrogens is 451 g/mol. The number of hydrogen-bond donors (Lipinski definition) is 1. The molecule has 1 aliphatic heterocycles. The number of nitrogen functional groups attached to an aromatic ring is 1. The Bertz CT molecular complexity index is 1210. The molecule has 2 N–H and O–H groups in total. The second-order valence-electron chi connectivity index (χ2n) is 8.83. The number of benzene rings is 2. The summed E-state index contributed by atoms with van der Waals surface area (Å²) in [6.07, 6.45) is -1.84. The molecule has 4 aromatic rings. The van der Waals surface area contributed by atoms with Gasteiger partial charge in [0.25, 0.3) is 0 Å². The van der Waals surface area contributed by atoms with Crippen LogP contribution in [-0.2, 0) is 6.18 Å².